The lowest BCUT2D eigenvalue weighted by atomic mass is 10.1. The van der Waals surface area contributed by atoms with Crippen molar-refractivity contribution in [3.8, 4) is 0 Å². The predicted molar refractivity (Wildman–Crippen MR) is 88.5 cm³/mol. The normalized spacial score (nSPS) is 11.9. The van der Waals surface area contributed by atoms with Gasteiger partial charge in [-0.05, 0) is 42.3 Å². The summed E-state index contributed by atoms with van der Waals surface area (Å²) in [6.45, 7) is 4.07. The number of hydrogen-bond acceptors (Lipinski definition) is 3. The van der Waals surface area contributed by atoms with E-state index in [1.54, 1.807) is 18.2 Å². The van der Waals surface area contributed by atoms with Gasteiger partial charge in [0.05, 0.1) is 11.8 Å². The maximum absolute atomic E-state index is 12.0. The lowest BCUT2D eigenvalue weighted by Crippen LogP contribution is -2.31. The first-order chi connectivity index (χ1) is 10.6. The third kappa shape index (κ3) is 4.49. The van der Waals surface area contributed by atoms with E-state index < -0.39 is 0 Å². The number of aryl methyl sites for hydroxylation is 1. The van der Waals surface area contributed by atoms with E-state index in [0.29, 0.717) is 5.03 Å². The number of hydrogen-bond donors (Lipinski definition) is 1. The smallest absolute Gasteiger partial charge is 0.251 e. The van der Waals surface area contributed by atoms with Gasteiger partial charge in [-0.2, -0.15) is 4.73 Å². The fourth-order valence-electron chi connectivity index (χ4n) is 2.07. The van der Waals surface area contributed by atoms with Crippen LogP contribution in [0.15, 0.2) is 53.7 Å². The zero-order chi connectivity index (χ0) is 15.9. The molecule has 1 atom stereocenters. The molecule has 116 valence electrons. The van der Waals surface area contributed by atoms with Gasteiger partial charge in [0.2, 0.25) is 5.91 Å². The van der Waals surface area contributed by atoms with Crippen molar-refractivity contribution < 1.29 is 9.52 Å². The van der Waals surface area contributed by atoms with Crippen molar-refractivity contribution in [1.29, 1.82) is 0 Å². The Morgan fingerprint density at radius 1 is 1.27 bits per heavy atom. The van der Waals surface area contributed by atoms with E-state index in [2.05, 4.69) is 24.4 Å². The van der Waals surface area contributed by atoms with E-state index in [0.717, 1.165) is 16.7 Å². The Kier molecular flexibility index (Phi) is 5.83. The molecule has 0 aliphatic rings. The van der Waals surface area contributed by atoms with Gasteiger partial charge in [0.1, 0.15) is 0 Å². The van der Waals surface area contributed by atoms with Crippen molar-refractivity contribution in [3.05, 3.63) is 65.0 Å². The highest BCUT2D eigenvalue weighted by Gasteiger charge is 2.12. The molecule has 2 aromatic rings. The van der Waals surface area contributed by atoms with E-state index in [9.17, 15) is 10.0 Å². The molecule has 1 heterocycles. The number of amides is 1. The molecule has 0 spiro atoms. The highest BCUT2D eigenvalue weighted by molar-refractivity contribution is 7.99. The average molecular weight is 316 g/mol. The monoisotopic (exact) mass is 316 g/mol. The zero-order valence-corrected chi connectivity index (χ0v) is 13.6. The Morgan fingerprint density at radius 3 is 2.64 bits per heavy atom. The van der Waals surface area contributed by atoms with Crippen LogP contribution in [0.1, 0.15) is 31.0 Å². The average Bonchev–Trinajstić information content (AvgIpc) is 2.54. The lowest BCUT2D eigenvalue weighted by Gasteiger charge is -2.14. The first kappa shape index (κ1) is 16.4. The van der Waals surface area contributed by atoms with E-state index in [1.807, 2.05) is 19.1 Å². The van der Waals surface area contributed by atoms with Crippen LogP contribution in [0.4, 0.5) is 0 Å². The second-order valence-corrected chi connectivity index (χ2v) is 6.03. The molecule has 0 aliphatic heterocycles. The van der Waals surface area contributed by atoms with Gasteiger partial charge in [0.15, 0.2) is 6.20 Å². The summed E-state index contributed by atoms with van der Waals surface area (Å²) < 4.78 is 0.769. The van der Waals surface area contributed by atoms with Crippen LogP contribution in [0.2, 0.25) is 0 Å². The van der Waals surface area contributed by atoms with E-state index >= 15 is 0 Å². The SMILES string of the molecule is CCc1ccc([C@H](C)NC(=O)CSc2cccc[n+]2[O-])cc1. The van der Waals surface area contributed by atoms with Crippen LogP contribution in [0.5, 0.6) is 0 Å². The molecule has 0 bridgehead atoms. The molecule has 1 aromatic carbocycles. The molecule has 1 amide bonds. The summed E-state index contributed by atoms with van der Waals surface area (Å²) >= 11 is 1.24. The van der Waals surface area contributed by atoms with E-state index in [1.165, 1.54) is 23.5 Å². The van der Waals surface area contributed by atoms with Gasteiger partial charge >= 0.3 is 0 Å². The van der Waals surface area contributed by atoms with Gasteiger partial charge < -0.3 is 10.5 Å². The molecule has 0 saturated carbocycles. The molecule has 0 unspecified atom stereocenters. The predicted octanol–water partition coefficient (Wildman–Crippen LogP) is 2.85. The minimum atomic E-state index is -0.0825. The Hall–Kier alpha value is -2.01. The summed E-state index contributed by atoms with van der Waals surface area (Å²) in [5, 5.41) is 15.0. The number of carbonyl (C=O) groups excluding carboxylic acids is 1. The summed E-state index contributed by atoms with van der Waals surface area (Å²) in [4.78, 5) is 12.0. The molecule has 5 heteroatoms. The number of nitrogens with one attached hydrogen (secondary N) is 1. The van der Waals surface area contributed by atoms with Gasteiger partial charge in [-0.25, -0.2) is 0 Å². The van der Waals surface area contributed by atoms with Crippen LogP contribution in [0.3, 0.4) is 0 Å². The zero-order valence-electron chi connectivity index (χ0n) is 12.8. The molecule has 0 saturated heterocycles. The van der Waals surface area contributed by atoms with Gasteiger partial charge in [0.25, 0.3) is 5.03 Å². The molecule has 1 N–H and O–H groups in total. The Labute approximate surface area is 135 Å². The molecule has 4 nitrogen and oxygen atoms in total. The van der Waals surface area contributed by atoms with Crippen molar-refractivity contribution in [2.75, 3.05) is 5.75 Å². The van der Waals surface area contributed by atoms with Crippen molar-refractivity contribution in [2.24, 2.45) is 0 Å². The summed E-state index contributed by atoms with van der Waals surface area (Å²) in [6, 6.07) is 13.4. The van der Waals surface area contributed by atoms with Crippen LogP contribution in [0, 0.1) is 5.21 Å². The summed E-state index contributed by atoms with van der Waals surface area (Å²) in [5.74, 6) is 0.143. The number of pyridine rings is 1. The Bertz CT molecular complexity index is 629. The second-order valence-electron chi connectivity index (χ2n) is 5.04. The van der Waals surface area contributed by atoms with Gasteiger partial charge in [0, 0.05) is 12.1 Å². The minimum Gasteiger partial charge on any atom is -0.618 e. The maximum atomic E-state index is 12.0. The van der Waals surface area contributed by atoms with Crippen LogP contribution in [-0.4, -0.2) is 11.7 Å². The molecule has 0 fully saturated rings. The fraction of sp³-hybridized carbons (Fsp3) is 0.294. The molecule has 22 heavy (non-hydrogen) atoms. The molecule has 0 radical (unpaired) electrons. The first-order valence-electron chi connectivity index (χ1n) is 7.29. The minimum absolute atomic E-state index is 0.0471. The lowest BCUT2D eigenvalue weighted by molar-refractivity contribution is -0.645. The van der Waals surface area contributed by atoms with E-state index in [4.69, 9.17) is 0 Å². The molecular weight excluding hydrogens is 296 g/mol. The Balaban J connectivity index is 1.87. The summed E-state index contributed by atoms with van der Waals surface area (Å²) in [5.41, 5.74) is 2.36. The first-order valence-corrected chi connectivity index (χ1v) is 8.28. The number of thioether (sulfide) groups is 1. The number of carbonyl (C=O) groups is 1. The quantitative estimate of drug-likeness (QED) is 0.506. The summed E-state index contributed by atoms with van der Waals surface area (Å²) in [6.07, 6.45) is 2.43. The number of rotatable bonds is 6. The van der Waals surface area contributed by atoms with Crippen LogP contribution in [-0.2, 0) is 11.2 Å². The maximum Gasteiger partial charge on any atom is 0.251 e. The number of aromatic nitrogens is 1. The highest BCUT2D eigenvalue weighted by Crippen LogP contribution is 2.16. The van der Waals surface area contributed by atoms with Crippen molar-refractivity contribution in [2.45, 2.75) is 31.3 Å². The van der Waals surface area contributed by atoms with Gasteiger partial charge in [-0.15, -0.1) is 0 Å². The van der Waals surface area contributed by atoms with E-state index in [-0.39, 0.29) is 17.7 Å². The van der Waals surface area contributed by atoms with Crippen molar-refractivity contribution in [3.63, 3.8) is 0 Å². The third-order valence-electron chi connectivity index (χ3n) is 3.41. The van der Waals surface area contributed by atoms with Crippen LogP contribution < -0.4 is 10.0 Å². The molecule has 1 aromatic heterocycles. The highest BCUT2D eigenvalue weighted by atomic mass is 32.2. The third-order valence-corrected chi connectivity index (χ3v) is 4.42. The van der Waals surface area contributed by atoms with Gasteiger partial charge in [-0.1, -0.05) is 31.2 Å². The largest absolute Gasteiger partial charge is 0.618 e. The molecule has 0 aliphatic carbocycles. The van der Waals surface area contributed by atoms with Gasteiger partial charge in [-0.3, -0.25) is 4.79 Å². The standard InChI is InChI=1S/C17H20N2O2S/c1-3-14-7-9-15(10-8-14)13(2)18-16(20)12-22-17-6-4-5-11-19(17)21/h4-11,13H,3,12H2,1-2H3,(H,18,20)/t13-/m0/s1. The molecular formula is C17H20N2O2S. The topological polar surface area (TPSA) is 56.0 Å². The van der Waals surface area contributed by atoms with Crippen LogP contribution >= 0.6 is 11.8 Å². The second kappa shape index (κ2) is 7.84. The van der Waals surface area contributed by atoms with Crippen molar-refractivity contribution >= 4 is 17.7 Å². The van der Waals surface area contributed by atoms with Crippen LogP contribution in [0.25, 0.3) is 0 Å². The summed E-state index contributed by atoms with van der Waals surface area (Å²) in [7, 11) is 0. The number of nitrogens with zero attached hydrogens (tertiary/aromatic N) is 1. The van der Waals surface area contributed by atoms with Crippen molar-refractivity contribution in [1.82, 2.24) is 5.32 Å². The fourth-order valence-corrected chi connectivity index (χ4v) is 2.80. The number of benzene rings is 1. The Morgan fingerprint density at radius 2 is 2.00 bits per heavy atom. The molecule has 2 rings (SSSR count).